The van der Waals surface area contributed by atoms with Crippen molar-refractivity contribution >= 4 is 0 Å². The maximum atomic E-state index is 5.51. The number of benzene rings is 1. The molecule has 0 bridgehead atoms. The summed E-state index contributed by atoms with van der Waals surface area (Å²) in [5, 5.41) is 0. The summed E-state index contributed by atoms with van der Waals surface area (Å²) in [5.41, 5.74) is 3.38. The van der Waals surface area contributed by atoms with E-state index in [-0.39, 0.29) is 0 Å². The Balaban J connectivity index is 2.08. The molecule has 0 N–H and O–H groups in total. The predicted molar refractivity (Wildman–Crippen MR) is 88.1 cm³/mol. The van der Waals surface area contributed by atoms with E-state index in [1.54, 1.807) is 12.7 Å². The fourth-order valence-electron chi connectivity index (χ4n) is 4.90. The molecule has 1 aliphatic heterocycles. The second-order valence-electron chi connectivity index (χ2n) is 7.16. The molecule has 2 fully saturated rings. The summed E-state index contributed by atoms with van der Waals surface area (Å²) in [5.74, 6) is 1.80. The van der Waals surface area contributed by atoms with Crippen molar-refractivity contribution in [2.24, 2.45) is 5.92 Å². The molecule has 3 atom stereocenters. The zero-order chi connectivity index (χ0) is 15.0. The fraction of sp³-hybridized carbons (Fsp3) is 0.684. The van der Waals surface area contributed by atoms with Crippen molar-refractivity contribution in [3.63, 3.8) is 0 Å². The summed E-state index contributed by atoms with van der Waals surface area (Å²) < 4.78 is 5.51. The lowest BCUT2D eigenvalue weighted by Gasteiger charge is -2.54. The fourth-order valence-corrected chi connectivity index (χ4v) is 4.90. The average Bonchev–Trinajstić information content (AvgIpc) is 2.52. The smallest absolute Gasteiger partial charge is 0.119 e. The third-order valence-corrected chi connectivity index (χ3v) is 6.27. The third kappa shape index (κ3) is 2.38. The predicted octanol–water partition coefficient (Wildman–Crippen LogP) is 4.16. The molecule has 1 aliphatic carbocycles. The molecule has 0 amide bonds. The lowest BCUT2D eigenvalue weighted by atomic mass is 9.56. The zero-order valence-electron chi connectivity index (χ0n) is 14.0. The molecule has 21 heavy (non-hydrogen) atoms. The van der Waals surface area contributed by atoms with Crippen molar-refractivity contribution in [1.29, 1.82) is 0 Å². The summed E-state index contributed by atoms with van der Waals surface area (Å²) in [6.07, 6.45) is 6.80. The van der Waals surface area contributed by atoms with Crippen LogP contribution in [0.4, 0.5) is 0 Å². The Labute approximate surface area is 129 Å². The third-order valence-electron chi connectivity index (χ3n) is 6.27. The van der Waals surface area contributed by atoms with E-state index in [2.05, 4.69) is 44.0 Å². The van der Waals surface area contributed by atoms with Crippen molar-refractivity contribution in [1.82, 2.24) is 4.90 Å². The molecule has 1 heterocycles. The van der Waals surface area contributed by atoms with Crippen LogP contribution in [0.15, 0.2) is 18.2 Å². The minimum absolute atomic E-state index is 0.378. The van der Waals surface area contributed by atoms with Gasteiger partial charge in [-0.2, -0.15) is 0 Å². The van der Waals surface area contributed by atoms with Gasteiger partial charge in [-0.3, -0.25) is 0 Å². The second-order valence-corrected chi connectivity index (χ2v) is 7.16. The number of hydrogen-bond donors (Lipinski definition) is 0. The molecule has 3 rings (SSSR count). The lowest BCUT2D eigenvalue weighted by Crippen LogP contribution is -2.55. The first-order chi connectivity index (χ1) is 10.1. The van der Waals surface area contributed by atoms with Crippen LogP contribution in [0.25, 0.3) is 0 Å². The molecule has 116 valence electrons. The Hall–Kier alpha value is -1.02. The number of rotatable bonds is 2. The van der Waals surface area contributed by atoms with Gasteiger partial charge in [0.2, 0.25) is 0 Å². The van der Waals surface area contributed by atoms with Gasteiger partial charge in [-0.1, -0.05) is 18.9 Å². The van der Waals surface area contributed by atoms with Crippen LogP contribution in [0.2, 0.25) is 0 Å². The minimum atomic E-state index is 0.378. The number of hydrogen-bond acceptors (Lipinski definition) is 2. The number of fused-ring (bicyclic) bond motifs is 1. The van der Waals surface area contributed by atoms with Gasteiger partial charge >= 0.3 is 0 Å². The zero-order valence-corrected chi connectivity index (χ0v) is 14.0. The molecule has 2 aliphatic rings. The molecule has 0 radical (unpaired) electrons. The van der Waals surface area contributed by atoms with Gasteiger partial charge in [0.25, 0.3) is 0 Å². The number of ether oxygens (including phenoxy) is 1. The van der Waals surface area contributed by atoms with Crippen molar-refractivity contribution < 1.29 is 4.74 Å². The Morgan fingerprint density at radius 1 is 1.24 bits per heavy atom. The van der Waals surface area contributed by atoms with E-state index in [1.165, 1.54) is 44.2 Å². The Morgan fingerprint density at radius 2 is 2.05 bits per heavy atom. The standard InChI is InChI=1S/C19H29NO/c1-14-8-9-16(21-4)13-18(14)19-10-6-5-7-17(19)15(2)20(3)12-11-19/h8-9,13,15,17H,5-7,10-12H2,1-4H3/t15?,17?,19-/m0/s1. The number of likely N-dealkylation sites (tertiary alicyclic amines) is 1. The molecule has 1 aromatic rings. The molecule has 1 saturated carbocycles. The summed E-state index contributed by atoms with van der Waals surface area (Å²) in [7, 11) is 4.07. The van der Waals surface area contributed by atoms with Gasteiger partial charge in [0, 0.05) is 11.5 Å². The van der Waals surface area contributed by atoms with Crippen LogP contribution in [0.1, 0.15) is 50.2 Å². The van der Waals surface area contributed by atoms with Gasteiger partial charge in [-0.15, -0.1) is 0 Å². The number of piperidine rings is 1. The van der Waals surface area contributed by atoms with Gasteiger partial charge < -0.3 is 9.64 Å². The molecule has 1 saturated heterocycles. The van der Waals surface area contributed by atoms with Crippen LogP contribution in [-0.4, -0.2) is 31.6 Å². The van der Waals surface area contributed by atoms with Gasteiger partial charge in [-0.25, -0.2) is 0 Å². The van der Waals surface area contributed by atoms with E-state index in [0.29, 0.717) is 11.5 Å². The highest BCUT2D eigenvalue weighted by Crippen LogP contribution is 2.52. The van der Waals surface area contributed by atoms with Crippen LogP contribution in [0, 0.1) is 12.8 Å². The van der Waals surface area contributed by atoms with E-state index in [4.69, 9.17) is 4.74 Å². The highest BCUT2D eigenvalue weighted by Gasteiger charge is 2.48. The Morgan fingerprint density at radius 3 is 2.81 bits per heavy atom. The van der Waals surface area contributed by atoms with E-state index < -0.39 is 0 Å². The van der Waals surface area contributed by atoms with Gasteiger partial charge in [0.05, 0.1) is 7.11 Å². The summed E-state index contributed by atoms with van der Waals surface area (Å²) in [4.78, 5) is 2.56. The molecule has 2 heteroatoms. The van der Waals surface area contributed by atoms with Crippen molar-refractivity contribution in [2.75, 3.05) is 20.7 Å². The van der Waals surface area contributed by atoms with E-state index in [9.17, 15) is 0 Å². The van der Waals surface area contributed by atoms with Crippen LogP contribution < -0.4 is 4.74 Å². The highest BCUT2D eigenvalue weighted by atomic mass is 16.5. The second kappa shape index (κ2) is 5.64. The first-order valence-corrected chi connectivity index (χ1v) is 8.44. The van der Waals surface area contributed by atoms with E-state index in [1.807, 2.05) is 0 Å². The van der Waals surface area contributed by atoms with Gasteiger partial charge in [0.15, 0.2) is 0 Å². The van der Waals surface area contributed by atoms with Crippen LogP contribution in [-0.2, 0) is 5.41 Å². The summed E-state index contributed by atoms with van der Waals surface area (Å²) >= 11 is 0. The molecule has 1 aromatic carbocycles. The highest BCUT2D eigenvalue weighted by molar-refractivity contribution is 5.41. The molecule has 0 aromatic heterocycles. The SMILES string of the molecule is COc1ccc(C)c([C@]23CCCCC2C(C)N(C)CC3)c1. The summed E-state index contributed by atoms with van der Waals surface area (Å²) in [6.45, 7) is 5.92. The molecule has 0 spiro atoms. The monoisotopic (exact) mass is 287 g/mol. The summed E-state index contributed by atoms with van der Waals surface area (Å²) in [6, 6.07) is 7.36. The lowest BCUT2D eigenvalue weighted by molar-refractivity contribution is 0.0225. The molecule has 2 nitrogen and oxygen atoms in total. The molecular weight excluding hydrogens is 258 g/mol. The van der Waals surface area contributed by atoms with Crippen LogP contribution >= 0.6 is 0 Å². The quantitative estimate of drug-likeness (QED) is 0.810. The van der Waals surface area contributed by atoms with Gasteiger partial charge in [0.1, 0.15) is 5.75 Å². The number of aryl methyl sites for hydroxylation is 1. The van der Waals surface area contributed by atoms with E-state index in [0.717, 1.165) is 11.7 Å². The first-order valence-electron chi connectivity index (χ1n) is 8.44. The maximum Gasteiger partial charge on any atom is 0.119 e. The van der Waals surface area contributed by atoms with E-state index >= 15 is 0 Å². The van der Waals surface area contributed by atoms with Crippen molar-refractivity contribution in [2.45, 2.75) is 57.4 Å². The van der Waals surface area contributed by atoms with Crippen molar-refractivity contribution in [3.05, 3.63) is 29.3 Å². The number of methoxy groups -OCH3 is 1. The molecule has 2 unspecified atom stereocenters. The van der Waals surface area contributed by atoms with Crippen LogP contribution in [0.3, 0.4) is 0 Å². The first kappa shape index (κ1) is 14.9. The topological polar surface area (TPSA) is 12.5 Å². The normalized spacial score (nSPS) is 33.5. The number of nitrogens with zero attached hydrogens (tertiary/aromatic N) is 1. The largest absolute Gasteiger partial charge is 0.497 e. The van der Waals surface area contributed by atoms with Crippen LogP contribution in [0.5, 0.6) is 5.75 Å². The average molecular weight is 287 g/mol. The molecular formula is C19H29NO. The van der Waals surface area contributed by atoms with Crippen molar-refractivity contribution in [3.8, 4) is 5.75 Å². The maximum absolute atomic E-state index is 5.51. The Bertz CT molecular complexity index is 512. The minimum Gasteiger partial charge on any atom is -0.497 e. The Kier molecular flexibility index (Phi) is 4.00. The van der Waals surface area contributed by atoms with Gasteiger partial charge in [-0.05, 0) is 75.9 Å².